The molecule has 1 aliphatic carbocycles. The molecule has 0 bridgehead atoms. The third kappa shape index (κ3) is 5.51. The van der Waals surface area contributed by atoms with E-state index < -0.39 is 0 Å². The molecule has 0 aliphatic heterocycles. The normalized spacial score (nSPS) is 26.2. The van der Waals surface area contributed by atoms with E-state index in [1.807, 2.05) is 0 Å². The summed E-state index contributed by atoms with van der Waals surface area (Å²) in [6.07, 6.45) is 4.00. The summed E-state index contributed by atoms with van der Waals surface area (Å²) in [4.78, 5) is 0. The Morgan fingerprint density at radius 3 is 2.56 bits per heavy atom. The number of nitrogens with one attached hydrogen (secondary N) is 1. The molecule has 0 spiro atoms. The lowest BCUT2D eigenvalue weighted by Crippen LogP contribution is -2.31. The molecule has 2 nitrogen and oxygen atoms in total. The highest BCUT2D eigenvalue weighted by molar-refractivity contribution is 6.18. The smallest absolute Gasteiger partial charge is 0.0599 e. The van der Waals surface area contributed by atoms with Gasteiger partial charge in [-0.15, -0.1) is 11.6 Å². The van der Waals surface area contributed by atoms with E-state index in [1.54, 1.807) is 0 Å². The fourth-order valence-electron chi connectivity index (χ4n) is 2.30. The molecule has 96 valence electrons. The molecule has 3 heteroatoms. The van der Waals surface area contributed by atoms with Crippen LogP contribution in [0.5, 0.6) is 0 Å². The topological polar surface area (TPSA) is 21.3 Å². The van der Waals surface area contributed by atoms with Crippen LogP contribution in [0.15, 0.2) is 0 Å². The van der Waals surface area contributed by atoms with Crippen LogP contribution in [0.25, 0.3) is 0 Å². The van der Waals surface area contributed by atoms with E-state index in [2.05, 4.69) is 26.1 Å². The molecule has 1 aliphatic rings. The van der Waals surface area contributed by atoms with Crippen LogP contribution in [-0.2, 0) is 4.74 Å². The predicted octanol–water partition coefficient (Wildman–Crippen LogP) is 3.05. The third-order valence-electron chi connectivity index (χ3n) is 3.24. The van der Waals surface area contributed by atoms with Crippen molar-refractivity contribution in [2.75, 3.05) is 25.6 Å². The molecule has 0 saturated heterocycles. The van der Waals surface area contributed by atoms with Gasteiger partial charge in [0.1, 0.15) is 0 Å². The monoisotopic (exact) mass is 247 g/mol. The highest BCUT2D eigenvalue weighted by Gasteiger charge is 2.25. The minimum absolute atomic E-state index is 0.0201. The first-order valence-corrected chi connectivity index (χ1v) is 6.97. The van der Waals surface area contributed by atoms with Crippen LogP contribution in [0.2, 0.25) is 0 Å². The Labute approximate surface area is 105 Å². The van der Waals surface area contributed by atoms with Crippen molar-refractivity contribution in [2.24, 2.45) is 11.8 Å². The van der Waals surface area contributed by atoms with Gasteiger partial charge in [-0.25, -0.2) is 0 Å². The number of rotatable bonds is 6. The fourth-order valence-corrected chi connectivity index (χ4v) is 2.71. The Kier molecular flexibility index (Phi) is 6.09. The van der Waals surface area contributed by atoms with Gasteiger partial charge >= 0.3 is 0 Å². The van der Waals surface area contributed by atoms with Gasteiger partial charge in [0.05, 0.1) is 12.2 Å². The van der Waals surface area contributed by atoms with Crippen molar-refractivity contribution in [1.82, 2.24) is 5.32 Å². The Hall–Kier alpha value is 0.210. The first-order valence-electron chi connectivity index (χ1n) is 6.43. The van der Waals surface area contributed by atoms with Gasteiger partial charge in [-0.2, -0.15) is 0 Å². The lowest BCUT2D eigenvalue weighted by atomic mass is 9.98. The van der Waals surface area contributed by atoms with Crippen molar-refractivity contribution in [3.63, 3.8) is 0 Å². The van der Waals surface area contributed by atoms with Crippen molar-refractivity contribution >= 4 is 11.6 Å². The van der Waals surface area contributed by atoms with E-state index in [0.717, 1.165) is 37.4 Å². The number of ether oxygens (including phenoxy) is 1. The average molecular weight is 248 g/mol. The van der Waals surface area contributed by atoms with Crippen LogP contribution in [0.1, 0.15) is 40.0 Å². The summed E-state index contributed by atoms with van der Waals surface area (Å²) in [5.74, 6) is 2.34. The number of halogens is 1. The fraction of sp³-hybridized carbons (Fsp3) is 1.00. The minimum atomic E-state index is -0.0201. The van der Waals surface area contributed by atoms with E-state index in [0.29, 0.717) is 0 Å². The summed E-state index contributed by atoms with van der Waals surface area (Å²) < 4.78 is 5.66. The van der Waals surface area contributed by atoms with Gasteiger partial charge < -0.3 is 10.1 Å². The van der Waals surface area contributed by atoms with E-state index in [9.17, 15) is 0 Å². The van der Waals surface area contributed by atoms with Crippen molar-refractivity contribution in [3.8, 4) is 0 Å². The Morgan fingerprint density at radius 1 is 1.25 bits per heavy atom. The lowest BCUT2D eigenvalue weighted by Gasteiger charge is -2.21. The lowest BCUT2D eigenvalue weighted by molar-refractivity contribution is -0.00109. The second kappa shape index (κ2) is 6.83. The summed E-state index contributed by atoms with van der Waals surface area (Å²) in [6, 6.07) is 0. The van der Waals surface area contributed by atoms with Crippen LogP contribution in [0.3, 0.4) is 0 Å². The van der Waals surface area contributed by atoms with Gasteiger partial charge in [0.25, 0.3) is 0 Å². The quantitative estimate of drug-likeness (QED) is 0.576. The van der Waals surface area contributed by atoms with Crippen LogP contribution in [-0.4, -0.2) is 31.2 Å². The van der Waals surface area contributed by atoms with E-state index >= 15 is 0 Å². The van der Waals surface area contributed by atoms with Crippen molar-refractivity contribution in [2.45, 2.75) is 45.6 Å². The highest BCUT2D eigenvalue weighted by Crippen LogP contribution is 2.31. The highest BCUT2D eigenvalue weighted by atomic mass is 35.5. The SMILES string of the molecule is CC(C)(C)OCCNCC1CCCC1CCl. The van der Waals surface area contributed by atoms with Gasteiger partial charge in [-0.3, -0.25) is 0 Å². The van der Waals surface area contributed by atoms with Gasteiger partial charge in [-0.05, 0) is 52.0 Å². The Morgan fingerprint density at radius 2 is 1.94 bits per heavy atom. The average Bonchev–Trinajstić information content (AvgIpc) is 2.63. The zero-order valence-electron chi connectivity index (χ0n) is 10.9. The number of alkyl halides is 1. The molecule has 16 heavy (non-hydrogen) atoms. The van der Waals surface area contributed by atoms with E-state index in [-0.39, 0.29) is 5.60 Å². The summed E-state index contributed by atoms with van der Waals surface area (Å²) >= 11 is 5.95. The second-order valence-corrected chi connectivity index (χ2v) is 6.08. The summed E-state index contributed by atoms with van der Waals surface area (Å²) in [5, 5.41) is 3.48. The maximum absolute atomic E-state index is 5.95. The molecule has 0 heterocycles. The zero-order valence-corrected chi connectivity index (χ0v) is 11.6. The molecule has 0 aromatic rings. The van der Waals surface area contributed by atoms with Gasteiger partial charge in [0.15, 0.2) is 0 Å². The van der Waals surface area contributed by atoms with Gasteiger partial charge in [-0.1, -0.05) is 6.42 Å². The molecule has 1 rings (SSSR count). The molecule has 2 atom stereocenters. The standard InChI is InChI=1S/C13H26ClNO/c1-13(2,3)16-8-7-15-10-12-6-4-5-11(12)9-14/h11-12,15H,4-10H2,1-3H3. The van der Waals surface area contributed by atoms with E-state index in [1.165, 1.54) is 19.3 Å². The molecular weight excluding hydrogens is 222 g/mol. The third-order valence-corrected chi connectivity index (χ3v) is 3.63. The van der Waals surface area contributed by atoms with Crippen LogP contribution in [0.4, 0.5) is 0 Å². The summed E-state index contributed by atoms with van der Waals surface area (Å²) in [5.41, 5.74) is -0.0201. The molecule has 1 saturated carbocycles. The predicted molar refractivity (Wildman–Crippen MR) is 70.1 cm³/mol. The molecule has 0 radical (unpaired) electrons. The molecule has 0 aromatic carbocycles. The number of hydrogen-bond donors (Lipinski definition) is 1. The molecule has 2 unspecified atom stereocenters. The second-order valence-electron chi connectivity index (χ2n) is 5.77. The van der Waals surface area contributed by atoms with Crippen LogP contribution >= 0.6 is 11.6 Å². The molecule has 0 amide bonds. The summed E-state index contributed by atoms with van der Waals surface area (Å²) in [7, 11) is 0. The zero-order chi connectivity index (χ0) is 12.0. The molecule has 0 aromatic heterocycles. The Balaban J connectivity index is 2.03. The first-order chi connectivity index (χ1) is 7.53. The molecule has 1 N–H and O–H groups in total. The van der Waals surface area contributed by atoms with Gasteiger partial charge in [0.2, 0.25) is 0 Å². The summed E-state index contributed by atoms with van der Waals surface area (Å²) in [6.45, 7) is 9.11. The maximum Gasteiger partial charge on any atom is 0.0599 e. The minimum Gasteiger partial charge on any atom is -0.375 e. The Bertz CT molecular complexity index is 191. The van der Waals surface area contributed by atoms with Crippen molar-refractivity contribution in [3.05, 3.63) is 0 Å². The molecule has 1 fully saturated rings. The van der Waals surface area contributed by atoms with Gasteiger partial charge in [0, 0.05) is 12.4 Å². The van der Waals surface area contributed by atoms with Crippen LogP contribution in [0, 0.1) is 11.8 Å². The van der Waals surface area contributed by atoms with Crippen molar-refractivity contribution < 1.29 is 4.74 Å². The maximum atomic E-state index is 5.95. The van der Waals surface area contributed by atoms with Crippen molar-refractivity contribution in [1.29, 1.82) is 0 Å². The largest absolute Gasteiger partial charge is 0.375 e. The van der Waals surface area contributed by atoms with Crippen LogP contribution < -0.4 is 5.32 Å². The number of hydrogen-bond acceptors (Lipinski definition) is 2. The van der Waals surface area contributed by atoms with E-state index in [4.69, 9.17) is 16.3 Å². The first kappa shape index (κ1) is 14.3. The molecular formula is C13H26ClNO.